The highest BCUT2D eigenvalue weighted by Gasteiger charge is 2.16. The fourth-order valence-electron chi connectivity index (χ4n) is 1.41. The van der Waals surface area contributed by atoms with E-state index in [0.29, 0.717) is 24.7 Å². The molecule has 21 heavy (non-hydrogen) atoms. The van der Waals surface area contributed by atoms with Gasteiger partial charge < -0.3 is 19.5 Å². The first-order valence-corrected chi connectivity index (χ1v) is 7.34. The van der Waals surface area contributed by atoms with Crippen LogP contribution in [0.1, 0.15) is 26.5 Å². The zero-order chi connectivity index (χ0) is 15.9. The van der Waals surface area contributed by atoms with Gasteiger partial charge in [0.15, 0.2) is 0 Å². The fraction of sp³-hybridized carbons (Fsp3) is 0.571. The maximum absolute atomic E-state index is 11.6. The van der Waals surface area contributed by atoms with Crippen LogP contribution in [0.3, 0.4) is 0 Å². The van der Waals surface area contributed by atoms with Crippen molar-refractivity contribution in [1.82, 2.24) is 10.3 Å². The Labute approximate surface area is 133 Å². The summed E-state index contributed by atoms with van der Waals surface area (Å²) >= 11 is 3.34. The zero-order valence-corrected chi connectivity index (χ0v) is 14.3. The van der Waals surface area contributed by atoms with Crippen LogP contribution in [0.25, 0.3) is 0 Å². The number of rotatable bonds is 6. The van der Waals surface area contributed by atoms with E-state index in [0.717, 1.165) is 4.47 Å². The van der Waals surface area contributed by atoms with Crippen LogP contribution in [-0.4, -0.2) is 37.0 Å². The SMILES string of the molecule is COCCOc1cc(Br)cnc1CNC(=O)OC(C)(C)C. The molecule has 0 aliphatic heterocycles. The molecule has 0 saturated carbocycles. The molecule has 0 unspecified atom stereocenters. The molecule has 0 bridgehead atoms. The van der Waals surface area contributed by atoms with E-state index in [4.69, 9.17) is 14.2 Å². The van der Waals surface area contributed by atoms with Crippen molar-refractivity contribution in [2.45, 2.75) is 32.9 Å². The minimum Gasteiger partial charge on any atom is -0.489 e. The highest BCUT2D eigenvalue weighted by molar-refractivity contribution is 9.10. The molecule has 1 N–H and O–H groups in total. The number of carbonyl (C=O) groups is 1. The summed E-state index contributed by atoms with van der Waals surface area (Å²) in [6.45, 7) is 6.54. The monoisotopic (exact) mass is 360 g/mol. The Morgan fingerprint density at radius 2 is 2.10 bits per heavy atom. The maximum atomic E-state index is 11.6. The second-order valence-corrected chi connectivity index (χ2v) is 6.21. The molecule has 0 aliphatic carbocycles. The third kappa shape index (κ3) is 7.29. The highest BCUT2D eigenvalue weighted by atomic mass is 79.9. The molecule has 0 aliphatic rings. The Morgan fingerprint density at radius 1 is 1.38 bits per heavy atom. The molecule has 0 aromatic carbocycles. The normalized spacial score (nSPS) is 11.1. The first kappa shape index (κ1) is 17.7. The third-order valence-corrected chi connectivity index (χ3v) is 2.67. The van der Waals surface area contributed by atoms with Gasteiger partial charge in [-0.15, -0.1) is 0 Å². The largest absolute Gasteiger partial charge is 0.489 e. The van der Waals surface area contributed by atoms with E-state index in [1.54, 1.807) is 19.4 Å². The number of halogens is 1. The van der Waals surface area contributed by atoms with Crippen LogP contribution in [-0.2, 0) is 16.0 Å². The Kier molecular flexibility index (Phi) is 6.91. The van der Waals surface area contributed by atoms with Crippen molar-refractivity contribution in [1.29, 1.82) is 0 Å². The Balaban J connectivity index is 2.63. The number of ether oxygens (including phenoxy) is 3. The topological polar surface area (TPSA) is 69.7 Å². The van der Waals surface area contributed by atoms with Gasteiger partial charge >= 0.3 is 6.09 Å². The van der Waals surface area contributed by atoms with Gasteiger partial charge in [-0.3, -0.25) is 4.98 Å². The molecule has 6 nitrogen and oxygen atoms in total. The van der Waals surface area contributed by atoms with Gasteiger partial charge in [-0.2, -0.15) is 0 Å². The molecule has 0 saturated heterocycles. The van der Waals surface area contributed by atoms with Crippen LogP contribution >= 0.6 is 15.9 Å². The van der Waals surface area contributed by atoms with Crippen molar-refractivity contribution in [3.8, 4) is 5.75 Å². The van der Waals surface area contributed by atoms with Crippen LogP contribution in [0.5, 0.6) is 5.75 Å². The molecule has 1 aromatic rings. The van der Waals surface area contributed by atoms with E-state index in [9.17, 15) is 4.79 Å². The molecule has 0 fully saturated rings. The number of nitrogens with one attached hydrogen (secondary N) is 1. The number of hydrogen-bond acceptors (Lipinski definition) is 5. The van der Waals surface area contributed by atoms with Crippen molar-refractivity contribution in [3.05, 3.63) is 22.4 Å². The first-order chi connectivity index (χ1) is 9.81. The summed E-state index contributed by atoms with van der Waals surface area (Å²) in [5.74, 6) is 0.595. The van der Waals surface area contributed by atoms with Crippen molar-refractivity contribution < 1.29 is 19.0 Å². The van der Waals surface area contributed by atoms with Gasteiger partial charge in [0.2, 0.25) is 0 Å². The van der Waals surface area contributed by atoms with Gasteiger partial charge in [-0.05, 0) is 42.8 Å². The average molecular weight is 361 g/mol. The number of alkyl carbamates (subject to hydrolysis) is 1. The number of aromatic nitrogens is 1. The molecule has 118 valence electrons. The standard InChI is InChI=1S/C14H21BrN2O4/c1-14(2,3)21-13(18)17-9-11-12(20-6-5-19-4)7-10(15)8-16-11/h7-8H,5-6,9H2,1-4H3,(H,17,18). The Morgan fingerprint density at radius 3 is 2.71 bits per heavy atom. The van der Waals surface area contributed by atoms with E-state index in [-0.39, 0.29) is 6.54 Å². The quantitative estimate of drug-likeness (QED) is 0.789. The fourth-order valence-corrected chi connectivity index (χ4v) is 1.72. The van der Waals surface area contributed by atoms with E-state index in [1.807, 2.05) is 20.8 Å². The average Bonchev–Trinajstić information content (AvgIpc) is 2.36. The van der Waals surface area contributed by atoms with Gasteiger partial charge in [0, 0.05) is 17.8 Å². The summed E-state index contributed by atoms with van der Waals surface area (Å²) in [5.41, 5.74) is 0.0924. The molecule has 0 radical (unpaired) electrons. The number of amides is 1. The first-order valence-electron chi connectivity index (χ1n) is 6.55. The Hall–Kier alpha value is -1.34. The van der Waals surface area contributed by atoms with Gasteiger partial charge in [0.05, 0.1) is 13.2 Å². The van der Waals surface area contributed by atoms with Crippen LogP contribution in [0, 0.1) is 0 Å². The van der Waals surface area contributed by atoms with E-state index >= 15 is 0 Å². The number of pyridine rings is 1. The Bertz CT molecular complexity index is 475. The molecule has 1 rings (SSSR count). The summed E-state index contributed by atoms with van der Waals surface area (Å²) in [6, 6.07) is 1.80. The summed E-state index contributed by atoms with van der Waals surface area (Å²) in [4.78, 5) is 15.9. The summed E-state index contributed by atoms with van der Waals surface area (Å²) in [7, 11) is 1.60. The number of carbonyl (C=O) groups excluding carboxylic acids is 1. The molecule has 1 heterocycles. The molecular weight excluding hydrogens is 340 g/mol. The lowest BCUT2D eigenvalue weighted by Crippen LogP contribution is -2.32. The van der Waals surface area contributed by atoms with Crippen LogP contribution in [0.2, 0.25) is 0 Å². The van der Waals surface area contributed by atoms with Crippen molar-refractivity contribution in [2.75, 3.05) is 20.3 Å². The lowest BCUT2D eigenvalue weighted by atomic mass is 10.2. The zero-order valence-electron chi connectivity index (χ0n) is 12.7. The summed E-state index contributed by atoms with van der Waals surface area (Å²) in [5, 5.41) is 2.66. The van der Waals surface area contributed by atoms with Gasteiger partial charge in [-0.1, -0.05) is 0 Å². The van der Waals surface area contributed by atoms with Crippen molar-refractivity contribution >= 4 is 22.0 Å². The summed E-state index contributed by atoms with van der Waals surface area (Å²) < 4.78 is 16.5. The number of hydrogen-bond donors (Lipinski definition) is 1. The molecule has 0 atom stereocenters. The van der Waals surface area contributed by atoms with E-state index in [2.05, 4.69) is 26.2 Å². The third-order valence-electron chi connectivity index (χ3n) is 2.24. The van der Waals surface area contributed by atoms with Crippen LogP contribution in [0.15, 0.2) is 16.7 Å². The minimum absolute atomic E-state index is 0.227. The molecule has 7 heteroatoms. The van der Waals surface area contributed by atoms with Crippen molar-refractivity contribution in [2.24, 2.45) is 0 Å². The van der Waals surface area contributed by atoms with Gasteiger partial charge in [0.25, 0.3) is 0 Å². The minimum atomic E-state index is -0.533. The van der Waals surface area contributed by atoms with Gasteiger partial charge in [0.1, 0.15) is 23.7 Å². The second kappa shape index (κ2) is 8.19. The smallest absolute Gasteiger partial charge is 0.407 e. The summed E-state index contributed by atoms with van der Waals surface area (Å²) in [6.07, 6.45) is 1.16. The van der Waals surface area contributed by atoms with E-state index < -0.39 is 11.7 Å². The predicted molar refractivity (Wildman–Crippen MR) is 82.4 cm³/mol. The lowest BCUT2D eigenvalue weighted by Gasteiger charge is -2.20. The van der Waals surface area contributed by atoms with Crippen LogP contribution in [0.4, 0.5) is 4.79 Å². The van der Waals surface area contributed by atoms with Gasteiger partial charge in [-0.25, -0.2) is 4.79 Å². The van der Waals surface area contributed by atoms with Crippen LogP contribution < -0.4 is 10.1 Å². The molecule has 1 aromatic heterocycles. The second-order valence-electron chi connectivity index (χ2n) is 5.30. The number of nitrogens with zero attached hydrogens (tertiary/aromatic N) is 1. The molecule has 0 spiro atoms. The van der Waals surface area contributed by atoms with Crippen molar-refractivity contribution in [3.63, 3.8) is 0 Å². The maximum Gasteiger partial charge on any atom is 0.407 e. The van der Waals surface area contributed by atoms with E-state index in [1.165, 1.54) is 0 Å². The lowest BCUT2D eigenvalue weighted by molar-refractivity contribution is 0.0522. The molecule has 1 amide bonds. The number of methoxy groups -OCH3 is 1. The highest BCUT2D eigenvalue weighted by Crippen LogP contribution is 2.21. The predicted octanol–water partition coefficient (Wildman–Crippen LogP) is 2.89. The molecular formula is C14H21BrN2O4.